The van der Waals surface area contributed by atoms with Crippen LogP contribution in [0.3, 0.4) is 0 Å². The molecule has 0 radical (unpaired) electrons. The highest BCUT2D eigenvalue weighted by molar-refractivity contribution is 5.82. The molecule has 0 unspecified atom stereocenters. The molecule has 3 heterocycles. The van der Waals surface area contributed by atoms with Gasteiger partial charge in [0.05, 0.1) is 11.7 Å². The number of hydrogen-bond donors (Lipinski definition) is 1. The van der Waals surface area contributed by atoms with Gasteiger partial charge < -0.3 is 15.0 Å². The summed E-state index contributed by atoms with van der Waals surface area (Å²) in [4.78, 5) is 25.7. The van der Waals surface area contributed by atoms with Crippen molar-refractivity contribution in [2.45, 2.75) is 30.7 Å². The quantitative estimate of drug-likeness (QED) is 0.855. The Morgan fingerprint density at radius 2 is 2.23 bits per heavy atom. The minimum absolute atomic E-state index is 0.0135. The van der Waals surface area contributed by atoms with E-state index in [1.165, 1.54) is 7.11 Å². The van der Waals surface area contributed by atoms with Crippen LogP contribution in [0.2, 0.25) is 0 Å². The van der Waals surface area contributed by atoms with Gasteiger partial charge in [-0.2, -0.15) is 5.10 Å². The number of ether oxygens (including phenoxy) is 1. The van der Waals surface area contributed by atoms with Gasteiger partial charge >= 0.3 is 0 Å². The van der Waals surface area contributed by atoms with Gasteiger partial charge in [0.25, 0.3) is 0 Å². The van der Waals surface area contributed by atoms with E-state index in [0.29, 0.717) is 19.5 Å². The van der Waals surface area contributed by atoms with Crippen molar-refractivity contribution >= 4 is 11.8 Å². The summed E-state index contributed by atoms with van der Waals surface area (Å²) < 4.78 is 6.68. The summed E-state index contributed by atoms with van der Waals surface area (Å²) in [5, 5.41) is 7.40. The molecule has 1 aromatic heterocycles. The Hall–Kier alpha value is -1.89. The number of nitrogens with zero attached hydrogens (tertiary/aromatic N) is 3. The molecule has 7 heteroatoms. The molecule has 22 heavy (non-hydrogen) atoms. The van der Waals surface area contributed by atoms with Gasteiger partial charge in [-0.3, -0.25) is 14.3 Å². The molecule has 1 atom stereocenters. The van der Waals surface area contributed by atoms with Crippen molar-refractivity contribution in [2.75, 3.05) is 26.8 Å². The van der Waals surface area contributed by atoms with E-state index in [1.54, 1.807) is 4.68 Å². The Morgan fingerprint density at radius 1 is 1.50 bits per heavy atom. The fourth-order valence-corrected chi connectivity index (χ4v) is 3.70. The van der Waals surface area contributed by atoms with E-state index in [9.17, 15) is 9.59 Å². The molecule has 2 saturated heterocycles. The molecule has 2 amide bonds. The highest BCUT2D eigenvalue weighted by Gasteiger charge is 2.49. The van der Waals surface area contributed by atoms with Crippen molar-refractivity contribution in [1.82, 2.24) is 20.0 Å². The smallest absolute Gasteiger partial charge is 0.248 e. The topological polar surface area (TPSA) is 76.5 Å². The van der Waals surface area contributed by atoms with Crippen molar-refractivity contribution in [1.29, 1.82) is 0 Å². The zero-order valence-corrected chi connectivity index (χ0v) is 13.0. The van der Waals surface area contributed by atoms with Crippen LogP contribution in [0.15, 0.2) is 12.4 Å². The second-order valence-corrected chi connectivity index (χ2v) is 6.22. The number of piperidine rings is 1. The molecule has 2 aliphatic rings. The van der Waals surface area contributed by atoms with Crippen molar-refractivity contribution < 1.29 is 14.3 Å². The molecule has 1 N–H and O–H groups in total. The second kappa shape index (κ2) is 5.72. The number of nitrogens with one attached hydrogen (secondary N) is 1. The highest BCUT2D eigenvalue weighted by Crippen LogP contribution is 2.42. The predicted octanol–water partition coefficient (Wildman–Crippen LogP) is 0.0312. The van der Waals surface area contributed by atoms with Crippen LogP contribution in [-0.2, 0) is 21.4 Å². The average Bonchev–Trinajstić information content (AvgIpc) is 3.04. The Morgan fingerprint density at radius 3 is 2.82 bits per heavy atom. The molecule has 1 aromatic rings. The van der Waals surface area contributed by atoms with Crippen molar-refractivity contribution in [3.8, 4) is 0 Å². The van der Waals surface area contributed by atoms with E-state index in [0.717, 1.165) is 18.4 Å². The van der Waals surface area contributed by atoms with E-state index >= 15 is 0 Å². The first kappa shape index (κ1) is 15.0. The van der Waals surface area contributed by atoms with Gasteiger partial charge in [0.15, 0.2) is 0 Å². The van der Waals surface area contributed by atoms with Gasteiger partial charge in [0.2, 0.25) is 11.8 Å². The van der Waals surface area contributed by atoms with Crippen LogP contribution in [0.25, 0.3) is 0 Å². The summed E-state index contributed by atoms with van der Waals surface area (Å²) in [7, 11) is 3.41. The van der Waals surface area contributed by atoms with Crippen LogP contribution in [0.5, 0.6) is 0 Å². The fraction of sp³-hybridized carbons (Fsp3) is 0.667. The van der Waals surface area contributed by atoms with E-state index in [1.807, 2.05) is 24.3 Å². The van der Waals surface area contributed by atoms with Gasteiger partial charge in [0.1, 0.15) is 6.61 Å². The lowest BCUT2D eigenvalue weighted by molar-refractivity contribution is -0.136. The maximum absolute atomic E-state index is 12.0. The average molecular weight is 306 g/mol. The molecule has 1 spiro atoms. The third-order valence-corrected chi connectivity index (χ3v) is 4.85. The van der Waals surface area contributed by atoms with Crippen LogP contribution in [0.4, 0.5) is 0 Å². The summed E-state index contributed by atoms with van der Waals surface area (Å²) in [6.07, 6.45) is 5.86. The van der Waals surface area contributed by atoms with Crippen LogP contribution in [-0.4, -0.2) is 58.8 Å². The van der Waals surface area contributed by atoms with Gasteiger partial charge in [-0.15, -0.1) is 0 Å². The van der Waals surface area contributed by atoms with E-state index in [4.69, 9.17) is 4.74 Å². The first-order valence-electron chi connectivity index (χ1n) is 7.60. The lowest BCUT2D eigenvalue weighted by Crippen LogP contribution is -2.54. The van der Waals surface area contributed by atoms with Gasteiger partial charge in [-0.1, -0.05) is 0 Å². The van der Waals surface area contributed by atoms with Crippen molar-refractivity contribution in [3.63, 3.8) is 0 Å². The lowest BCUT2D eigenvalue weighted by Gasteiger charge is -2.42. The second-order valence-electron chi connectivity index (χ2n) is 6.22. The number of carbonyl (C=O) groups excluding carboxylic acids is 2. The monoisotopic (exact) mass is 306 g/mol. The highest BCUT2D eigenvalue weighted by atomic mass is 16.5. The third kappa shape index (κ3) is 2.61. The maximum Gasteiger partial charge on any atom is 0.248 e. The van der Waals surface area contributed by atoms with Crippen LogP contribution >= 0.6 is 0 Å². The summed E-state index contributed by atoms with van der Waals surface area (Å²) in [6, 6.07) is 0. The molecule has 7 nitrogen and oxygen atoms in total. The van der Waals surface area contributed by atoms with Crippen LogP contribution in [0, 0.1) is 0 Å². The largest absolute Gasteiger partial charge is 0.375 e. The SMILES string of the molecule is COCC(=O)N1CCC2(CC1)NC(=O)C[C@H]2c1cnn(C)c1. The van der Waals surface area contributed by atoms with Crippen LogP contribution < -0.4 is 5.32 Å². The normalized spacial score (nSPS) is 23.8. The Bertz CT molecular complexity index is 575. The first-order chi connectivity index (χ1) is 10.5. The summed E-state index contributed by atoms with van der Waals surface area (Å²) in [5.74, 6) is 0.235. The zero-order valence-electron chi connectivity index (χ0n) is 13.0. The third-order valence-electron chi connectivity index (χ3n) is 4.85. The number of amides is 2. The fourth-order valence-electron chi connectivity index (χ4n) is 3.70. The van der Waals surface area contributed by atoms with E-state index in [-0.39, 0.29) is 29.9 Å². The minimum Gasteiger partial charge on any atom is -0.375 e. The summed E-state index contributed by atoms with van der Waals surface area (Å²) in [5.41, 5.74) is 0.849. The van der Waals surface area contributed by atoms with Crippen LogP contribution in [0.1, 0.15) is 30.7 Å². The Labute approximate surface area is 129 Å². The molecule has 0 aromatic carbocycles. The number of hydrogen-bond acceptors (Lipinski definition) is 4. The predicted molar refractivity (Wildman–Crippen MR) is 79.1 cm³/mol. The molecular weight excluding hydrogens is 284 g/mol. The van der Waals surface area contributed by atoms with Gasteiger partial charge in [-0.05, 0) is 18.4 Å². The molecule has 0 saturated carbocycles. The molecule has 0 bridgehead atoms. The number of likely N-dealkylation sites (tertiary alicyclic amines) is 1. The molecule has 0 aliphatic carbocycles. The number of aryl methyl sites for hydroxylation is 1. The Kier molecular flexibility index (Phi) is 3.90. The van der Waals surface area contributed by atoms with E-state index in [2.05, 4.69) is 10.4 Å². The number of methoxy groups -OCH3 is 1. The molecule has 120 valence electrons. The molecule has 3 rings (SSSR count). The molecular formula is C15H22N4O3. The number of rotatable bonds is 3. The zero-order chi connectivity index (χ0) is 15.7. The standard InChI is InChI=1S/C15H22N4O3/c1-18-9-11(8-16-18)12-7-13(20)17-15(12)3-5-19(6-4-15)14(21)10-22-2/h8-9,12H,3-7,10H2,1-2H3,(H,17,20)/t12-/m0/s1. The number of carbonyl (C=O) groups is 2. The van der Waals surface area contributed by atoms with Crippen molar-refractivity contribution in [2.24, 2.45) is 7.05 Å². The van der Waals surface area contributed by atoms with Gasteiger partial charge in [-0.25, -0.2) is 0 Å². The van der Waals surface area contributed by atoms with E-state index < -0.39 is 0 Å². The summed E-state index contributed by atoms with van der Waals surface area (Å²) in [6.45, 7) is 1.42. The molecule has 2 aliphatic heterocycles. The lowest BCUT2D eigenvalue weighted by atomic mass is 9.75. The van der Waals surface area contributed by atoms with Gasteiger partial charge in [0, 0.05) is 45.8 Å². The molecule has 2 fully saturated rings. The number of aromatic nitrogens is 2. The van der Waals surface area contributed by atoms with Crippen molar-refractivity contribution in [3.05, 3.63) is 18.0 Å². The Balaban J connectivity index is 1.75. The summed E-state index contributed by atoms with van der Waals surface area (Å²) >= 11 is 0. The minimum atomic E-state index is -0.246. The maximum atomic E-state index is 12.0. The first-order valence-corrected chi connectivity index (χ1v) is 7.60.